The average Bonchev–Trinajstić information content (AvgIpc) is 3.10. The number of β-lactam (4-membered cyclic amide) rings is 1. The van der Waals surface area contributed by atoms with Crippen LogP contribution in [-0.4, -0.2) is 90.6 Å². The van der Waals surface area contributed by atoms with Crippen LogP contribution in [-0.2, 0) is 28.4 Å². The summed E-state index contributed by atoms with van der Waals surface area (Å²) in [5.74, 6) is -2.90. The summed E-state index contributed by atoms with van der Waals surface area (Å²) < 4.78 is 42.7. The standard InChI is InChI=1S/C35H33FNO13P/c36-21-11-6-19(7-12-21)26(49-35-30(41)28(39)29(40)32(50-35)34(43)44)17-48-31-27(37(33(31)42)22-4-2-1-3-5-22)24-15-10-20(16-25(24)38)18-8-13-23(14-9-18)51(45,46)47/h1-16,26-32,35,38-41H,17H2,(H,43,44)(H2,45,46,47)/t26-,27+,28-,29+,30?,31+,32?,35+/m0/s1. The summed E-state index contributed by atoms with van der Waals surface area (Å²) in [5, 5.41) is 51.6. The van der Waals surface area contributed by atoms with Crippen LogP contribution in [0.1, 0.15) is 23.3 Å². The Labute approximate surface area is 289 Å². The monoisotopic (exact) mass is 725 g/mol. The number of anilines is 1. The Morgan fingerprint density at radius 3 is 2.14 bits per heavy atom. The third-order valence-electron chi connectivity index (χ3n) is 8.75. The molecule has 7 N–H and O–H groups in total. The minimum atomic E-state index is -4.46. The molecule has 268 valence electrons. The molecule has 0 aliphatic carbocycles. The highest BCUT2D eigenvalue weighted by atomic mass is 31.2. The van der Waals surface area contributed by atoms with Gasteiger partial charge in [-0.15, -0.1) is 0 Å². The Hall–Kier alpha value is -4.54. The van der Waals surface area contributed by atoms with Gasteiger partial charge in [0.2, 0.25) is 0 Å². The first-order valence-corrected chi connectivity index (χ1v) is 17.2. The number of ether oxygens (including phenoxy) is 3. The van der Waals surface area contributed by atoms with Gasteiger partial charge in [0.05, 0.1) is 11.9 Å². The first-order chi connectivity index (χ1) is 24.2. The largest absolute Gasteiger partial charge is 0.508 e. The molecule has 0 aromatic heterocycles. The van der Waals surface area contributed by atoms with Crippen LogP contribution >= 0.6 is 7.60 Å². The van der Waals surface area contributed by atoms with Crippen molar-refractivity contribution in [1.82, 2.24) is 0 Å². The third-order valence-corrected chi connectivity index (χ3v) is 9.72. The molecule has 2 fully saturated rings. The molecule has 4 aromatic rings. The summed E-state index contributed by atoms with van der Waals surface area (Å²) in [7, 11) is -4.46. The van der Waals surface area contributed by atoms with Crippen LogP contribution < -0.4 is 10.2 Å². The maximum absolute atomic E-state index is 13.8. The maximum atomic E-state index is 13.8. The Kier molecular flexibility index (Phi) is 10.4. The number of carboxylic acids is 1. The number of nitrogens with zero attached hydrogens (tertiary/aromatic N) is 1. The summed E-state index contributed by atoms with van der Waals surface area (Å²) in [6, 6.07) is 22.9. The number of aliphatic carboxylic acids is 1. The minimum absolute atomic E-state index is 0.165. The number of amides is 1. The number of hydrogen-bond donors (Lipinski definition) is 7. The van der Waals surface area contributed by atoms with Crippen LogP contribution in [0.5, 0.6) is 5.75 Å². The molecule has 6 rings (SSSR count). The molecular weight excluding hydrogens is 692 g/mol. The smallest absolute Gasteiger partial charge is 0.356 e. The van der Waals surface area contributed by atoms with E-state index in [-0.39, 0.29) is 16.6 Å². The Bertz CT molecular complexity index is 1920. The second kappa shape index (κ2) is 14.6. The first-order valence-electron chi connectivity index (χ1n) is 15.6. The molecule has 2 aliphatic rings. The average molecular weight is 726 g/mol. The number of hydrogen-bond acceptors (Lipinski definition) is 10. The van der Waals surface area contributed by atoms with Crippen molar-refractivity contribution >= 4 is 30.5 Å². The van der Waals surface area contributed by atoms with Crippen molar-refractivity contribution in [1.29, 1.82) is 0 Å². The Morgan fingerprint density at radius 2 is 1.53 bits per heavy atom. The molecule has 16 heteroatoms. The number of carbonyl (C=O) groups excluding carboxylic acids is 1. The number of aromatic hydroxyl groups is 1. The van der Waals surface area contributed by atoms with Crippen LogP contribution in [0.15, 0.2) is 97.1 Å². The van der Waals surface area contributed by atoms with Crippen LogP contribution in [0.2, 0.25) is 0 Å². The molecule has 1 amide bonds. The predicted molar refractivity (Wildman–Crippen MR) is 176 cm³/mol. The highest BCUT2D eigenvalue weighted by molar-refractivity contribution is 7.60. The molecule has 2 unspecified atom stereocenters. The molecule has 51 heavy (non-hydrogen) atoms. The van der Waals surface area contributed by atoms with Gasteiger partial charge < -0.3 is 49.5 Å². The van der Waals surface area contributed by atoms with Crippen LogP contribution in [0, 0.1) is 5.82 Å². The zero-order valence-corrected chi connectivity index (χ0v) is 27.3. The Morgan fingerprint density at radius 1 is 0.882 bits per heavy atom. The van der Waals surface area contributed by atoms with Gasteiger partial charge in [-0.3, -0.25) is 14.3 Å². The van der Waals surface area contributed by atoms with Crippen molar-refractivity contribution in [2.75, 3.05) is 11.5 Å². The second-order valence-corrected chi connectivity index (χ2v) is 13.6. The van der Waals surface area contributed by atoms with Gasteiger partial charge in [-0.1, -0.05) is 54.6 Å². The van der Waals surface area contributed by atoms with E-state index >= 15 is 0 Å². The zero-order chi connectivity index (χ0) is 36.6. The fraction of sp³-hybridized carbons (Fsp3) is 0.257. The van der Waals surface area contributed by atoms with Gasteiger partial charge in [0, 0.05) is 11.3 Å². The third kappa shape index (κ3) is 7.44. The van der Waals surface area contributed by atoms with Crippen molar-refractivity contribution < 1.29 is 68.1 Å². The van der Waals surface area contributed by atoms with E-state index in [1.54, 1.807) is 42.5 Å². The number of phenolic OH excluding ortho intramolecular Hbond substituents is 1. The van der Waals surface area contributed by atoms with Crippen LogP contribution in [0.3, 0.4) is 0 Å². The lowest BCUT2D eigenvalue weighted by atomic mass is 9.88. The normalized spacial score (nSPS) is 25.6. The molecule has 2 saturated heterocycles. The first kappa shape index (κ1) is 36.3. The van der Waals surface area contributed by atoms with Gasteiger partial charge >= 0.3 is 13.6 Å². The number of carbonyl (C=O) groups is 2. The van der Waals surface area contributed by atoms with Crippen molar-refractivity contribution in [3.05, 3.63) is 114 Å². The molecule has 0 saturated carbocycles. The van der Waals surface area contributed by atoms with Crippen LogP contribution in [0.4, 0.5) is 10.1 Å². The quantitative estimate of drug-likeness (QED) is 0.0871. The number of para-hydroxylation sites is 1. The highest BCUT2D eigenvalue weighted by Gasteiger charge is 2.52. The van der Waals surface area contributed by atoms with E-state index in [9.17, 15) is 53.9 Å². The fourth-order valence-electron chi connectivity index (χ4n) is 6.03. The van der Waals surface area contributed by atoms with Crippen molar-refractivity contribution in [3.63, 3.8) is 0 Å². The predicted octanol–water partition coefficient (Wildman–Crippen LogP) is 2.12. The molecule has 0 spiro atoms. The number of aliphatic hydroxyl groups is 3. The molecule has 0 bridgehead atoms. The maximum Gasteiger partial charge on any atom is 0.356 e. The molecule has 8 atom stereocenters. The van der Waals surface area contributed by atoms with Gasteiger partial charge in [-0.25, -0.2) is 9.18 Å². The highest BCUT2D eigenvalue weighted by Crippen LogP contribution is 2.45. The van der Waals surface area contributed by atoms with Crippen molar-refractivity contribution in [3.8, 4) is 16.9 Å². The number of aliphatic hydroxyl groups excluding tert-OH is 3. The minimum Gasteiger partial charge on any atom is -0.508 e. The summed E-state index contributed by atoms with van der Waals surface area (Å²) >= 11 is 0. The number of phenols is 1. The van der Waals surface area contributed by atoms with E-state index in [2.05, 4.69) is 0 Å². The van der Waals surface area contributed by atoms with Crippen molar-refractivity contribution in [2.24, 2.45) is 0 Å². The lowest BCUT2D eigenvalue weighted by Gasteiger charge is -2.47. The molecular formula is C35H33FNO13P. The number of benzene rings is 4. The lowest BCUT2D eigenvalue weighted by Crippen LogP contribution is -2.61. The van der Waals surface area contributed by atoms with Gasteiger partial charge in [0.1, 0.15) is 42.0 Å². The second-order valence-electron chi connectivity index (χ2n) is 12.0. The van der Waals surface area contributed by atoms with Gasteiger partial charge in [-0.05, 0) is 59.2 Å². The van der Waals surface area contributed by atoms with Gasteiger partial charge in [0.25, 0.3) is 5.91 Å². The molecule has 14 nitrogen and oxygen atoms in total. The van der Waals surface area contributed by atoms with Crippen LogP contribution in [0.25, 0.3) is 11.1 Å². The zero-order valence-electron chi connectivity index (χ0n) is 26.4. The summed E-state index contributed by atoms with van der Waals surface area (Å²) in [5.41, 5.74) is 2.15. The van der Waals surface area contributed by atoms with E-state index in [1.165, 1.54) is 47.4 Å². The lowest BCUT2D eigenvalue weighted by molar-refractivity contribution is -0.309. The molecule has 0 radical (unpaired) electrons. The van der Waals surface area contributed by atoms with Gasteiger partial charge in [0.15, 0.2) is 18.5 Å². The molecule has 2 aliphatic heterocycles. The summed E-state index contributed by atoms with van der Waals surface area (Å²) in [6.07, 6.45) is -12.0. The number of carboxylic acid groups (broad SMARTS) is 1. The van der Waals surface area contributed by atoms with E-state index in [0.717, 1.165) is 12.1 Å². The SMILES string of the molecule is O=C(O)C1O[C@@H](O[C@@H](CO[C@H]2C(=O)N(c3ccccc3)[C@@H]2c2ccc(-c3ccc(P(=O)(O)O)cc3)cc2O)c2ccc(F)cc2)C(O)[C@@H](O)[C@H]1O. The van der Waals surface area contributed by atoms with E-state index in [0.29, 0.717) is 22.4 Å². The summed E-state index contributed by atoms with van der Waals surface area (Å²) in [6.45, 7) is -0.436. The summed E-state index contributed by atoms with van der Waals surface area (Å²) in [4.78, 5) is 45.6. The topological polar surface area (TPSA) is 224 Å². The fourth-order valence-corrected chi connectivity index (χ4v) is 6.57. The molecule has 4 aromatic carbocycles. The number of rotatable bonds is 11. The van der Waals surface area contributed by atoms with Gasteiger partial charge in [-0.2, -0.15) is 0 Å². The van der Waals surface area contributed by atoms with E-state index in [1.807, 2.05) is 0 Å². The van der Waals surface area contributed by atoms with E-state index in [4.69, 9.17) is 14.2 Å². The Balaban J connectivity index is 1.29. The molecule has 2 heterocycles. The number of halogens is 1. The van der Waals surface area contributed by atoms with Crippen molar-refractivity contribution in [2.45, 2.75) is 49.0 Å². The van der Waals surface area contributed by atoms with E-state index < -0.39 is 80.9 Å².